The Bertz CT molecular complexity index is 589. The first-order valence-electron chi connectivity index (χ1n) is 6.57. The van der Waals surface area contributed by atoms with Crippen LogP contribution >= 0.6 is 11.6 Å². The molecule has 20 heavy (non-hydrogen) atoms. The van der Waals surface area contributed by atoms with Crippen LogP contribution in [0, 0.1) is 0 Å². The minimum Gasteiger partial charge on any atom is -0.355 e. The Morgan fingerprint density at radius 1 is 1.30 bits per heavy atom. The summed E-state index contributed by atoms with van der Waals surface area (Å²) in [6.45, 7) is 1.84. The van der Waals surface area contributed by atoms with Gasteiger partial charge < -0.3 is 4.90 Å². The number of nitrogens with zero attached hydrogens (tertiary/aromatic N) is 3. The Morgan fingerprint density at radius 3 is 2.85 bits per heavy atom. The molecule has 3 N–H and O–H groups in total. The molecule has 1 aromatic heterocycles. The van der Waals surface area contributed by atoms with Gasteiger partial charge in [-0.2, -0.15) is 4.98 Å². The minimum atomic E-state index is 0.382. The van der Waals surface area contributed by atoms with E-state index in [-0.39, 0.29) is 0 Å². The Labute approximate surface area is 122 Å². The molecular weight excluding hydrogens is 274 g/mol. The standard InChI is InChI=1S/C14H16ClN5/c15-12-8-17-14(19-16)18-13(12)20-7-6-11(9-20)10-4-2-1-3-5-10/h1-5,8,11H,6-7,9,16H2,(H,17,18,19). The van der Waals surface area contributed by atoms with Gasteiger partial charge in [0.2, 0.25) is 5.95 Å². The molecule has 0 aliphatic carbocycles. The van der Waals surface area contributed by atoms with Gasteiger partial charge in [-0.15, -0.1) is 0 Å². The van der Waals surface area contributed by atoms with Crippen LogP contribution < -0.4 is 16.2 Å². The van der Waals surface area contributed by atoms with Gasteiger partial charge in [0.05, 0.1) is 6.20 Å². The molecule has 1 atom stereocenters. The molecule has 0 spiro atoms. The van der Waals surface area contributed by atoms with E-state index in [4.69, 9.17) is 17.4 Å². The van der Waals surface area contributed by atoms with Crippen molar-refractivity contribution < 1.29 is 0 Å². The normalized spacial score (nSPS) is 18.3. The summed E-state index contributed by atoms with van der Waals surface area (Å²) >= 11 is 6.19. The Kier molecular flexibility index (Phi) is 3.71. The molecule has 2 heterocycles. The predicted octanol–water partition coefficient (Wildman–Crippen LogP) is 2.41. The second kappa shape index (κ2) is 5.64. The zero-order chi connectivity index (χ0) is 13.9. The molecular formula is C14H16ClN5. The van der Waals surface area contributed by atoms with Crippen molar-refractivity contribution in [2.75, 3.05) is 23.4 Å². The molecule has 5 nitrogen and oxygen atoms in total. The first-order valence-corrected chi connectivity index (χ1v) is 6.95. The van der Waals surface area contributed by atoms with Crippen LogP contribution in [0.3, 0.4) is 0 Å². The van der Waals surface area contributed by atoms with Crippen LogP contribution in [0.5, 0.6) is 0 Å². The lowest BCUT2D eigenvalue weighted by Crippen LogP contribution is -2.22. The van der Waals surface area contributed by atoms with Crippen LogP contribution in [0.2, 0.25) is 5.02 Å². The molecule has 1 fully saturated rings. The second-order valence-electron chi connectivity index (χ2n) is 4.85. The quantitative estimate of drug-likeness (QED) is 0.671. The van der Waals surface area contributed by atoms with Crippen molar-refractivity contribution >= 4 is 23.4 Å². The molecule has 1 unspecified atom stereocenters. The third-order valence-electron chi connectivity index (χ3n) is 3.61. The van der Waals surface area contributed by atoms with Crippen LogP contribution in [-0.4, -0.2) is 23.1 Å². The summed E-state index contributed by atoms with van der Waals surface area (Å²) < 4.78 is 0. The van der Waals surface area contributed by atoms with Crippen molar-refractivity contribution in [3.05, 3.63) is 47.1 Å². The lowest BCUT2D eigenvalue weighted by Gasteiger charge is -2.19. The molecule has 1 aromatic carbocycles. The molecule has 6 heteroatoms. The summed E-state index contributed by atoms with van der Waals surface area (Å²) in [7, 11) is 0. The summed E-state index contributed by atoms with van der Waals surface area (Å²) in [5, 5.41) is 0.553. The molecule has 1 aliphatic rings. The van der Waals surface area contributed by atoms with Gasteiger partial charge >= 0.3 is 0 Å². The highest BCUT2D eigenvalue weighted by Gasteiger charge is 2.26. The van der Waals surface area contributed by atoms with Crippen LogP contribution in [0.25, 0.3) is 0 Å². The van der Waals surface area contributed by atoms with Crippen molar-refractivity contribution in [1.29, 1.82) is 0 Å². The van der Waals surface area contributed by atoms with Gasteiger partial charge in [-0.1, -0.05) is 41.9 Å². The topological polar surface area (TPSA) is 67.1 Å². The van der Waals surface area contributed by atoms with Crippen molar-refractivity contribution in [2.45, 2.75) is 12.3 Å². The average molecular weight is 290 g/mol. The molecule has 0 radical (unpaired) electrons. The van der Waals surface area contributed by atoms with Crippen LogP contribution in [-0.2, 0) is 0 Å². The average Bonchev–Trinajstić information content (AvgIpc) is 2.98. The van der Waals surface area contributed by atoms with Crippen LogP contribution in [0.1, 0.15) is 17.9 Å². The Morgan fingerprint density at radius 2 is 2.10 bits per heavy atom. The van der Waals surface area contributed by atoms with E-state index < -0.39 is 0 Å². The highest BCUT2D eigenvalue weighted by atomic mass is 35.5. The van der Waals surface area contributed by atoms with E-state index in [0.29, 0.717) is 16.9 Å². The van der Waals surface area contributed by atoms with E-state index in [1.165, 1.54) is 5.56 Å². The molecule has 0 saturated carbocycles. The zero-order valence-corrected chi connectivity index (χ0v) is 11.7. The summed E-state index contributed by atoms with van der Waals surface area (Å²) in [5.41, 5.74) is 3.81. The zero-order valence-electron chi connectivity index (χ0n) is 11.0. The van der Waals surface area contributed by atoms with E-state index in [1.807, 2.05) is 6.07 Å². The summed E-state index contributed by atoms with van der Waals surface area (Å²) in [5.74, 6) is 6.99. The fraction of sp³-hybridized carbons (Fsp3) is 0.286. The number of hydrogen-bond donors (Lipinski definition) is 2. The number of hydrazine groups is 1. The maximum absolute atomic E-state index is 6.19. The van der Waals surface area contributed by atoms with Crippen LogP contribution in [0.15, 0.2) is 36.5 Å². The summed E-state index contributed by atoms with van der Waals surface area (Å²) in [6.07, 6.45) is 2.67. The summed E-state index contributed by atoms with van der Waals surface area (Å²) in [6, 6.07) is 10.5. The Hall–Kier alpha value is -1.85. The van der Waals surface area contributed by atoms with Crippen molar-refractivity contribution in [3.8, 4) is 0 Å². The number of halogens is 1. The number of nitrogen functional groups attached to an aromatic ring is 1. The first kappa shape index (κ1) is 13.1. The predicted molar refractivity (Wildman–Crippen MR) is 80.9 cm³/mol. The molecule has 1 aliphatic heterocycles. The maximum atomic E-state index is 6.19. The Balaban J connectivity index is 1.80. The molecule has 0 amide bonds. The van der Waals surface area contributed by atoms with Crippen molar-refractivity contribution in [2.24, 2.45) is 5.84 Å². The molecule has 0 bridgehead atoms. The van der Waals surface area contributed by atoms with Gasteiger partial charge in [-0.05, 0) is 12.0 Å². The largest absolute Gasteiger partial charge is 0.355 e. The number of aromatic nitrogens is 2. The van der Waals surface area contributed by atoms with Crippen LogP contribution in [0.4, 0.5) is 11.8 Å². The number of nitrogens with two attached hydrogens (primary N) is 1. The number of rotatable bonds is 3. The monoisotopic (exact) mass is 289 g/mol. The molecule has 3 rings (SSSR count). The smallest absolute Gasteiger partial charge is 0.239 e. The highest BCUT2D eigenvalue weighted by molar-refractivity contribution is 6.32. The lowest BCUT2D eigenvalue weighted by molar-refractivity contribution is 0.774. The number of hydrogen-bond acceptors (Lipinski definition) is 5. The molecule has 2 aromatic rings. The number of benzene rings is 1. The highest BCUT2D eigenvalue weighted by Crippen LogP contribution is 2.33. The van der Waals surface area contributed by atoms with E-state index in [2.05, 4.69) is 44.6 Å². The molecule has 104 valence electrons. The van der Waals surface area contributed by atoms with Gasteiger partial charge in [0.1, 0.15) is 5.02 Å². The van der Waals surface area contributed by atoms with Crippen molar-refractivity contribution in [3.63, 3.8) is 0 Å². The fourth-order valence-corrected chi connectivity index (χ4v) is 2.81. The van der Waals surface area contributed by atoms with E-state index in [9.17, 15) is 0 Å². The second-order valence-corrected chi connectivity index (χ2v) is 5.26. The maximum Gasteiger partial charge on any atom is 0.239 e. The van der Waals surface area contributed by atoms with Gasteiger partial charge in [0.15, 0.2) is 5.82 Å². The first-order chi connectivity index (χ1) is 9.78. The van der Waals surface area contributed by atoms with E-state index in [0.717, 1.165) is 25.3 Å². The third-order valence-corrected chi connectivity index (χ3v) is 3.88. The van der Waals surface area contributed by atoms with Gasteiger partial charge in [-0.3, -0.25) is 5.43 Å². The minimum absolute atomic E-state index is 0.382. The van der Waals surface area contributed by atoms with Gasteiger partial charge in [-0.25, -0.2) is 10.8 Å². The summed E-state index contributed by atoms with van der Waals surface area (Å²) in [4.78, 5) is 10.5. The SMILES string of the molecule is NNc1ncc(Cl)c(N2CCC(c3ccccc3)C2)n1. The fourth-order valence-electron chi connectivity index (χ4n) is 2.60. The van der Waals surface area contributed by atoms with E-state index in [1.54, 1.807) is 6.20 Å². The molecule has 1 saturated heterocycles. The van der Waals surface area contributed by atoms with Gasteiger partial charge in [0.25, 0.3) is 0 Å². The lowest BCUT2D eigenvalue weighted by atomic mass is 9.99. The van der Waals surface area contributed by atoms with Crippen molar-refractivity contribution in [1.82, 2.24) is 9.97 Å². The number of nitrogens with one attached hydrogen (secondary N) is 1. The third kappa shape index (κ3) is 2.55. The number of anilines is 2. The van der Waals surface area contributed by atoms with Gasteiger partial charge in [0, 0.05) is 19.0 Å². The van der Waals surface area contributed by atoms with E-state index >= 15 is 0 Å².